The van der Waals surface area contributed by atoms with E-state index in [9.17, 15) is 18.4 Å². The fraction of sp³-hybridized carbons (Fsp3) is 0.310. The number of nitrogens with one attached hydrogen (secondary N) is 1. The van der Waals surface area contributed by atoms with Crippen molar-refractivity contribution in [1.29, 1.82) is 0 Å². The van der Waals surface area contributed by atoms with Gasteiger partial charge >= 0.3 is 12.0 Å². The van der Waals surface area contributed by atoms with Crippen molar-refractivity contribution in [2.24, 2.45) is 0 Å². The van der Waals surface area contributed by atoms with E-state index in [1.54, 1.807) is 42.2 Å². The van der Waals surface area contributed by atoms with Crippen molar-refractivity contribution in [1.82, 2.24) is 9.80 Å². The molecule has 39 heavy (non-hydrogen) atoms. The Morgan fingerprint density at radius 2 is 1.62 bits per heavy atom. The summed E-state index contributed by atoms with van der Waals surface area (Å²) >= 11 is 6.05. The third-order valence-corrected chi connectivity index (χ3v) is 7.05. The number of piperazine rings is 1. The summed E-state index contributed by atoms with van der Waals surface area (Å²) in [6, 6.07) is 15.7. The fourth-order valence-electron chi connectivity index (χ4n) is 4.45. The molecule has 1 saturated heterocycles. The molecule has 0 unspecified atom stereocenters. The topological polar surface area (TPSA) is 71.1 Å². The average molecular weight is 558 g/mol. The second-order valence-corrected chi connectivity index (χ2v) is 9.68. The highest BCUT2D eigenvalue weighted by molar-refractivity contribution is 6.30. The molecule has 0 radical (unpaired) electrons. The minimum atomic E-state index is -0.656. The van der Waals surface area contributed by atoms with Crippen molar-refractivity contribution < 1.29 is 27.8 Å². The standard InChI is InChI=1S/C29H30ClF2N3O4/c1-19-22(28(36)38-2)5-3-8-26(19)33-29(37)35-15-13-34(14-16-35)17-27(20-9-11-21(30)12-10-20)39-18-23-24(31)6-4-7-25(23)32/h3-12,27H,13-18H2,1-2H3,(H,33,37)/t27-/m1/s1. The van der Waals surface area contributed by atoms with Crippen molar-refractivity contribution >= 4 is 29.3 Å². The molecule has 0 spiro atoms. The molecular weight excluding hydrogens is 528 g/mol. The highest BCUT2D eigenvalue weighted by atomic mass is 35.5. The molecule has 2 amide bonds. The van der Waals surface area contributed by atoms with Gasteiger partial charge in [0.25, 0.3) is 0 Å². The first-order valence-electron chi connectivity index (χ1n) is 12.5. The Kier molecular flexibility index (Phi) is 9.50. The van der Waals surface area contributed by atoms with E-state index in [0.29, 0.717) is 54.6 Å². The average Bonchev–Trinajstić information content (AvgIpc) is 2.93. The van der Waals surface area contributed by atoms with Gasteiger partial charge in [-0.25, -0.2) is 18.4 Å². The van der Waals surface area contributed by atoms with E-state index < -0.39 is 23.7 Å². The molecule has 10 heteroatoms. The molecular formula is C29H30ClF2N3O4. The van der Waals surface area contributed by atoms with E-state index in [2.05, 4.69) is 10.2 Å². The number of halogens is 3. The zero-order valence-electron chi connectivity index (χ0n) is 21.8. The zero-order chi connectivity index (χ0) is 27.9. The summed E-state index contributed by atoms with van der Waals surface area (Å²) in [5.41, 5.74) is 2.28. The van der Waals surface area contributed by atoms with Gasteiger partial charge < -0.3 is 19.7 Å². The molecule has 1 heterocycles. The van der Waals surface area contributed by atoms with E-state index in [1.165, 1.54) is 25.3 Å². The van der Waals surface area contributed by atoms with E-state index >= 15 is 0 Å². The summed E-state index contributed by atoms with van der Waals surface area (Å²) < 4.78 is 39.2. The number of carbonyl (C=O) groups is 2. The SMILES string of the molecule is COC(=O)c1cccc(NC(=O)N2CCN(C[C@@H](OCc3c(F)cccc3F)c3ccc(Cl)cc3)CC2)c1C. The van der Waals surface area contributed by atoms with Crippen LogP contribution in [0.4, 0.5) is 19.3 Å². The second kappa shape index (κ2) is 13.0. The Hall–Kier alpha value is -3.53. The van der Waals surface area contributed by atoms with Crippen molar-refractivity contribution in [2.45, 2.75) is 19.6 Å². The molecule has 4 rings (SSSR count). The molecule has 0 bridgehead atoms. The number of hydrogen-bond donors (Lipinski definition) is 1. The molecule has 1 aliphatic heterocycles. The lowest BCUT2D eigenvalue weighted by molar-refractivity contribution is 0.00376. The first-order valence-corrected chi connectivity index (χ1v) is 12.9. The molecule has 0 aromatic heterocycles. The smallest absolute Gasteiger partial charge is 0.338 e. The first-order chi connectivity index (χ1) is 18.8. The van der Waals surface area contributed by atoms with Gasteiger partial charge in [0.2, 0.25) is 0 Å². The van der Waals surface area contributed by atoms with Crippen LogP contribution >= 0.6 is 11.6 Å². The van der Waals surface area contributed by atoms with Gasteiger partial charge in [0.1, 0.15) is 11.6 Å². The highest BCUT2D eigenvalue weighted by Gasteiger charge is 2.25. The van der Waals surface area contributed by atoms with Crippen LogP contribution in [0.5, 0.6) is 0 Å². The van der Waals surface area contributed by atoms with E-state index in [0.717, 1.165) is 5.56 Å². The van der Waals surface area contributed by atoms with Crippen LogP contribution in [0.25, 0.3) is 0 Å². The Bertz CT molecular complexity index is 1290. The third-order valence-electron chi connectivity index (χ3n) is 6.80. The Morgan fingerprint density at radius 3 is 2.26 bits per heavy atom. The molecule has 3 aromatic carbocycles. The minimum absolute atomic E-state index is 0.121. The summed E-state index contributed by atoms with van der Waals surface area (Å²) in [4.78, 5) is 28.8. The lowest BCUT2D eigenvalue weighted by Gasteiger charge is -2.36. The number of amides is 2. The van der Waals surface area contributed by atoms with Crippen molar-refractivity contribution in [3.8, 4) is 0 Å². The molecule has 1 N–H and O–H groups in total. The van der Waals surface area contributed by atoms with E-state index in [1.807, 2.05) is 12.1 Å². The summed E-state index contributed by atoms with van der Waals surface area (Å²) in [6.45, 7) is 4.09. The molecule has 206 valence electrons. The molecule has 0 aliphatic carbocycles. The van der Waals surface area contributed by atoms with Gasteiger partial charge in [-0.1, -0.05) is 35.9 Å². The lowest BCUT2D eigenvalue weighted by Crippen LogP contribution is -2.50. The predicted octanol–water partition coefficient (Wildman–Crippen LogP) is 5.82. The Morgan fingerprint density at radius 1 is 0.974 bits per heavy atom. The van der Waals surface area contributed by atoms with Crippen molar-refractivity contribution in [3.63, 3.8) is 0 Å². The zero-order valence-corrected chi connectivity index (χ0v) is 22.5. The largest absolute Gasteiger partial charge is 0.465 e. The quantitative estimate of drug-likeness (QED) is 0.353. The third kappa shape index (κ3) is 7.11. The number of esters is 1. The van der Waals surface area contributed by atoms with Crippen LogP contribution in [0, 0.1) is 18.6 Å². The van der Waals surface area contributed by atoms with Gasteiger partial charge in [0.15, 0.2) is 0 Å². The number of rotatable bonds is 8. The van der Waals surface area contributed by atoms with Crippen LogP contribution < -0.4 is 5.32 Å². The van der Waals surface area contributed by atoms with Gasteiger partial charge in [-0.2, -0.15) is 0 Å². The van der Waals surface area contributed by atoms with Crippen LogP contribution in [-0.4, -0.2) is 61.6 Å². The van der Waals surface area contributed by atoms with Crippen molar-refractivity contribution in [2.75, 3.05) is 45.2 Å². The van der Waals surface area contributed by atoms with Crippen LogP contribution in [0.3, 0.4) is 0 Å². The number of urea groups is 1. The summed E-state index contributed by atoms with van der Waals surface area (Å²) in [5.74, 6) is -1.78. The van der Waals surface area contributed by atoms with Gasteiger partial charge in [0, 0.05) is 49.0 Å². The molecule has 3 aromatic rings. The maximum Gasteiger partial charge on any atom is 0.338 e. The molecule has 1 aliphatic rings. The van der Waals surface area contributed by atoms with Crippen LogP contribution in [-0.2, 0) is 16.1 Å². The lowest BCUT2D eigenvalue weighted by atomic mass is 10.1. The number of ether oxygens (including phenoxy) is 2. The molecule has 0 saturated carbocycles. The van der Waals surface area contributed by atoms with Gasteiger partial charge in [-0.05, 0) is 54.4 Å². The fourth-order valence-corrected chi connectivity index (χ4v) is 4.58. The number of carbonyl (C=O) groups excluding carboxylic acids is 2. The summed E-state index contributed by atoms with van der Waals surface area (Å²) in [7, 11) is 1.31. The summed E-state index contributed by atoms with van der Waals surface area (Å²) in [5, 5.41) is 3.46. The van der Waals surface area contributed by atoms with Gasteiger partial charge in [-0.3, -0.25) is 4.90 Å². The Labute approximate surface area is 231 Å². The van der Waals surface area contributed by atoms with Crippen LogP contribution in [0.15, 0.2) is 60.7 Å². The number of methoxy groups -OCH3 is 1. The van der Waals surface area contributed by atoms with Crippen LogP contribution in [0.2, 0.25) is 5.02 Å². The van der Waals surface area contributed by atoms with E-state index in [-0.39, 0.29) is 18.2 Å². The molecule has 7 nitrogen and oxygen atoms in total. The molecule has 1 atom stereocenters. The maximum absolute atomic E-state index is 14.2. The first kappa shape index (κ1) is 28.5. The van der Waals surface area contributed by atoms with Gasteiger partial charge in [0.05, 0.1) is 25.4 Å². The van der Waals surface area contributed by atoms with Crippen LogP contribution in [0.1, 0.15) is 33.2 Å². The Balaban J connectivity index is 1.38. The minimum Gasteiger partial charge on any atom is -0.465 e. The number of benzene rings is 3. The number of anilines is 1. The molecule has 1 fully saturated rings. The monoisotopic (exact) mass is 557 g/mol. The van der Waals surface area contributed by atoms with E-state index in [4.69, 9.17) is 21.1 Å². The summed E-state index contributed by atoms with van der Waals surface area (Å²) in [6.07, 6.45) is -0.467. The normalized spacial score (nSPS) is 14.6. The maximum atomic E-state index is 14.2. The van der Waals surface area contributed by atoms with Crippen molar-refractivity contribution in [3.05, 3.63) is 99.6 Å². The highest BCUT2D eigenvalue weighted by Crippen LogP contribution is 2.25. The predicted molar refractivity (Wildman–Crippen MR) is 145 cm³/mol. The number of nitrogens with zero attached hydrogens (tertiary/aromatic N) is 2. The number of hydrogen-bond acceptors (Lipinski definition) is 5. The van der Waals surface area contributed by atoms with Gasteiger partial charge in [-0.15, -0.1) is 0 Å². The second-order valence-electron chi connectivity index (χ2n) is 9.24.